The fraction of sp³-hybridized carbons (Fsp3) is 0.250. The summed E-state index contributed by atoms with van der Waals surface area (Å²) >= 11 is 1.61. The van der Waals surface area contributed by atoms with Gasteiger partial charge in [0.2, 0.25) is 5.16 Å². The molecule has 0 spiro atoms. The lowest BCUT2D eigenvalue weighted by Crippen LogP contribution is -1.95. The van der Waals surface area contributed by atoms with Gasteiger partial charge >= 0.3 is 0 Å². The third kappa shape index (κ3) is 5.20. The SMILES string of the molecule is CCCOc1ccc(/C=N\n2cnnc2SCc2ccc(C)cc2)cc1. The molecule has 0 saturated carbocycles. The van der Waals surface area contributed by atoms with E-state index in [1.165, 1.54) is 11.1 Å². The van der Waals surface area contributed by atoms with Crippen LogP contribution in [0.5, 0.6) is 5.75 Å². The van der Waals surface area contributed by atoms with Crippen molar-refractivity contribution >= 4 is 18.0 Å². The normalized spacial score (nSPS) is 11.2. The number of thioether (sulfide) groups is 1. The molecule has 1 aromatic heterocycles. The molecule has 0 aliphatic carbocycles. The van der Waals surface area contributed by atoms with E-state index in [9.17, 15) is 0 Å². The first-order valence-electron chi connectivity index (χ1n) is 8.60. The average Bonchev–Trinajstić information content (AvgIpc) is 3.12. The molecular weight excluding hydrogens is 344 g/mol. The van der Waals surface area contributed by atoms with E-state index in [-0.39, 0.29) is 0 Å². The first-order chi connectivity index (χ1) is 12.7. The van der Waals surface area contributed by atoms with E-state index < -0.39 is 0 Å². The number of benzene rings is 2. The van der Waals surface area contributed by atoms with Gasteiger partial charge in [-0.05, 0) is 48.7 Å². The highest BCUT2D eigenvalue weighted by Gasteiger charge is 2.04. The standard InChI is InChI=1S/C20H22N4OS/c1-3-12-25-19-10-8-17(9-11-19)13-22-24-15-21-23-20(24)26-14-18-6-4-16(2)5-7-18/h4-11,13,15H,3,12,14H2,1-2H3/b22-13-. The van der Waals surface area contributed by atoms with Crippen LogP contribution in [0.1, 0.15) is 30.0 Å². The molecule has 134 valence electrons. The predicted molar refractivity (Wildman–Crippen MR) is 106 cm³/mol. The van der Waals surface area contributed by atoms with Gasteiger partial charge in [-0.15, -0.1) is 10.2 Å². The van der Waals surface area contributed by atoms with Crippen LogP contribution in [0.3, 0.4) is 0 Å². The largest absolute Gasteiger partial charge is 0.494 e. The quantitative estimate of drug-likeness (QED) is 0.433. The van der Waals surface area contributed by atoms with Gasteiger partial charge in [0.1, 0.15) is 12.1 Å². The summed E-state index contributed by atoms with van der Waals surface area (Å²) in [5.41, 5.74) is 3.51. The van der Waals surface area contributed by atoms with Gasteiger partial charge in [-0.25, -0.2) is 0 Å². The van der Waals surface area contributed by atoms with Crippen LogP contribution < -0.4 is 4.74 Å². The third-order valence-electron chi connectivity index (χ3n) is 3.67. The number of aromatic nitrogens is 3. The molecular formula is C20H22N4OS. The Kier molecular flexibility index (Phi) is 6.44. The predicted octanol–water partition coefficient (Wildman–Crippen LogP) is 4.55. The Hall–Kier alpha value is -2.60. The van der Waals surface area contributed by atoms with E-state index in [1.807, 2.05) is 24.3 Å². The molecule has 3 rings (SSSR count). The fourth-order valence-corrected chi connectivity index (χ4v) is 3.04. The Bertz CT molecular complexity index is 841. The minimum Gasteiger partial charge on any atom is -0.494 e. The lowest BCUT2D eigenvalue weighted by molar-refractivity contribution is 0.317. The summed E-state index contributed by atoms with van der Waals surface area (Å²) in [6.45, 7) is 4.91. The summed E-state index contributed by atoms with van der Waals surface area (Å²) in [6.07, 6.45) is 4.41. The fourth-order valence-electron chi connectivity index (χ4n) is 2.22. The van der Waals surface area contributed by atoms with Crippen LogP contribution in [0, 0.1) is 6.92 Å². The molecule has 6 heteroatoms. The molecule has 2 aromatic carbocycles. The monoisotopic (exact) mass is 366 g/mol. The summed E-state index contributed by atoms with van der Waals surface area (Å²) in [5.74, 6) is 1.71. The van der Waals surface area contributed by atoms with Crippen molar-refractivity contribution in [2.75, 3.05) is 6.61 Å². The molecule has 5 nitrogen and oxygen atoms in total. The van der Waals surface area contributed by atoms with E-state index in [4.69, 9.17) is 4.74 Å². The zero-order chi connectivity index (χ0) is 18.2. The van der Waals surface area contributed by atoms with Crippen LogP contribution in [-0.4, -0.2) is 27.7 Å². The maximum absolute atomic E-state index is 5.59. The van der Waals surface area contributed by atoms with E-state index in [0.29, 0.717) is 0 Å². The van der Waals surface area contributed by atoms with Crippen LogP contribution in [0.15, 0.2) is 65.1 Å². The van der Waals surface area contributed by atoms with Crippen molar-refractivity contribution in [1.29, 1.82) is 0 Å². The van der Waals surface area contributed by atoms with Crippen LogP contribution in [0.4, 0.5) is 0 Å². The second-order valence-electron chi connectivity index (χ2n) is 5.89. The molecule has 0 bridgehead atoms. The molecule has 0 aliphatic heterocycles. The van der Waals surface area contributed by atoms with Gasteiger partial charge in [-0.3, -0.25) is 0 Å². The lowest BCUT2D eigenvalue weighted by Gasteiger charge is -2.04. The van der Waals surface area contributed by atoms with Gasteiger partial charge in [-0.1, -0.05) is 48.5 Å². The van der Waals surface area contributed by atoms with Gasteiger partial charge in [0.15, 0.2) is 0 Å². The van der Waals surface area contributed by atoms with Crippen LogP contribution in [0.25, 0.3) is 0 Å². The number of hydrogen-bond acceptors (Lipinski definition) is 5. The van der Waals surface area contributed by atoms with Gasteiger partial charge < -0.3 is 4.74 Å². The highest BCUT2D eigenvalue weighted by Crippen LogP contribution is 2.20. The van der Waals surface area contributed by atoms with Crippen molar-refractivity contribution in [2.45, 2.75) is 31.2 Å². The third-order valence-corrected chi connectivity index (χ3v) is 4.68. The van der Waals surface area contributed by atoms with Crippen LogP contribution in [0.2, 0.25) is 0 Å². The zero-order valence-corrected chi connectivity index (χ0v) is 15.8. The molecule has 0 unspecified atom stereocenters. The maximum Gasteiger partial charge on any atom is 0.212 e. The van der Waals surface area contributed by atoms with Crippen molar-refractivity contribution < 1.29 is 4.74 Å². The van der Waals surface area contributed by atoms with Gasteiger partial charge in [-0.2, -0.15) is 9.78 Å². The van der Waals surface area contributed by atoms with Gasteiger partial charge in [0.25, 0.3) is 0 Å². The van der Waals surface area contributed by atoms with Crippen molar-refractivity contribution in [3.8, 4) is 5.75 Å². The molecule has 0 saturated heterocycles. The van der Waals surface area contributed by atoms with Gasteiger partial charge in [0, 0.05) is 5.75 Å². The maximum atomic E-state index is 5.59. The highest BCUT2D eigenvalue weighted by atomic mass is 32.2. The van der Waals surface area contributed by atoms with Crippen molar-refractivity contribution in [3.05, 3.63) is 71.5 Å². The molecule has 3 aromatic rings. The number of ether oxygens (including phenoxy) is 1. The Labute approximate surface area is 158 Å². The average molecular weight is 366 g/mol. The molecule has 0 radical (unpaired) electrons. The van der Waals surface area contributed by atoms with Crippen molar-refractivity contribution in [2.24, 2.45) is 5.10 Å². The van der Waals surface area contributed by atoms with Crippen molar-refractivity contribution in [3.63, 3.8) is 0 Å². The molecule has 0 N–H and O–H groups in total. The number of aryl methyl sites for hydroxylation is 1. The summed E-state index contributed by atoms with van der Waals surface area (Å²) < 4.78 is 7.28. The molecule has 0 aliphatic rings. The highest BCUT2D eigenvalue weighted by molar-refractivity contribution is 7.98. The minimum atomic E-state index is 0.732. The number of hydrogen-bond donors (Lipinski definition) is 0. The lowest BCUT2D eigenvalue weighted by atomic mass is 10.2. The minimum absolute atomic E-state index is 0.732. The number of nitrogens with zero attached hydrogens (tertiary/aromatic N) is 4. The molecule has 0 amide bonds. The van der Waals surface area contributed by atoms with Crippen molar-refractivity contribution in [1.82, 2.24) is 14.9 Å². The smallest absolute Gasteiger partial charge is 0.212 e. The summed E-state index contributed by atoms with van der Waals surface area (Å²) in [5, 5.41) is 13.3. The van der Waals surface area contributed by atoms with Crippen LogP contribution >= 0.6 is 11.8 Å². The summed E-state index contributed by atoms with van der Waals surface area (Å²) in [4.78, 5) is 0. The van der Waals surface area contributed by atoms with Gasteiger partial charge in [0.05, 0.1) is 12.8 Å². The summed E-state index contributed by atoms with van der Waals surface area (Å²) in [6, 6.07) is 16.4. The number of rotatable bonds is 8. The van der Waals surface area contributed by atoms with E-state index >= 15 is 0 Å². The second kappa shape index (κ2) is 9.20. The Morgan fingerprint density at radius 1 is 1.12 bits per heavy atom. The molecule has 0 fully saturated rings. The molecule has 1 heterocycles. The first-order valence-corrected chi connectivity index (χ1v) is 9.59. The molecule has 0 atom stereocenters. The van der Waals surface area contributed by atoms with E-state index in [2.05, 4.69) is 53.4 Å². The topological polar surface area (TPSA) is 52.3 Å². The second-order valence-corrected chi connectivity index (χ2v) is 6.84. The first kappa shape index (κ1) is 18.2. The van der Waals surface area contributed by atoms with E-state index in [1.54, 1.807) is 29.0 Å². The van der Waals surface area contributed by atoms with Crippen LogP contribution in [-0.2, 0) is 5.75 Å². The Morgan fingerprint density at radius 2 is 1.88 bits per heavy atom. The molecule has 26 heavy (non-hydrogen) atoms. The van der Waals surface area contributed by atoms with E-state index in [0.717, 1.165) is 35.2 Å². The zero-order valence-electron chi connectivity index (χ0n) is 15.0. The summed E-state index contributed by atoms with van der Waals surface area (Å²) in [7, 11) is 0. The Balaban J connectivity index is 1.60. The Morgan fingerprint density at radius 3 is 2.62 bits per heavy atom.